The zero-order chi connectivity index (χ0) is 78.4. The largest absolute Gasteiger partial charge is 0.456 e. The zero-order valence-electron chi connectivity index (χ0n) is 65.4. The fourth-order valence-electron chi connectivity index (χ4n) is 16.6. The summed E-state index contributed by atoms with van der Waals surface area (Å²) >= 11 is 3.44. The van der Waals surface area contributed by atoms with E-state index in [1.54, 1.807) is 22.7 Å². The lowest BCUT2D eigenvalue weighted by Crippen LogP contribution is -2.10. The fourth-order valence-corrected chi connectivity index (χ4v) is 18.5. The minimum Gasteiger partial charge on any atom is -0.456 e. The van der Waals surface area contributed by atoms with Gasteiger partial charge in [-0.1, -0.05) is 224 Å². The van der Waals surface area contributed by atoms with Crippen LogP contribution in [0.25, 0.3) is 123 Å². The second kappa shape index (κ2) is 28.1. The van der Waals surface area contributed by atoms with Gasteiger partial charge in [0.25, 0.3) is 0 Å². The summed E-state index contributed by atoms with van der Waals surface area (Å²) in [6.07, 6.45) is 0. The van der Waals surface area contributed by atoms with Crippen molar-refractivity contribution in [3.63, 3.8) is 0 Å². The van der Waals surface area contributed by atoms with Crippen LogP contribution in [0.1, 0.15) is 6.85 Å². The maximum atomic E-state index is 9.02. The quantitative estimate of drug-likeness (QED) is 0.101. The maximum absolute atomic E-state index is 9.02. The van der Waals surface area contributed by atoms with Gasteiger partial charge in [-0.15, -0.1) is 22.7 Å². The molecule has 112 heavy (non-hydrogen) atoms. The number of rotatable bonds is 14. The predicted octanol–water partition coefficient (Wildman–Crippen LogP) is 31.0. The van der Waals surface area contributed by atoms with Crippen LogP contribution in [-0.4, -0.2) is 4.57 Å². The molecule has 18 aromatic carbocycles. The lowest BCUT2D eigenvalue weighted by Gasteiger charge is -2.27. The summed E-state index contributed by atoms with van der Waals surface area (Å²) in [5.74, 6) is 0. The number of aromatic nitrogens is 1. The number of anilines is 12. The molecule has 0 fully saturated rings. The molecule has 528 valence electrons. The van der Waals surface area contributed by atoms with Gasteiger partial charge < -0.3 is 28.6 Å². The standard InChI is InChI=1S/C54H36N2S.C50H33N3OS/c1-4-15-37(16-5-1)38-27-29-41(30-28-38)55(42-31-33-48-46-23-11-10-21-44(46)45-22-12-13-24-47(45)50(48)35-42)43-32-34-49-53(36-43)57-52-26-14-25-51(54(49)52)56(39-17-6-2-7-18-39)40-19-8-3-9-20-40;1-4-13-35(14-5-1)51(38-25-28-49-34(31-38)29-30-55-49)40-23-26-41-43-32-39(24-27-47(43)54-48(41)33-40)52(36-15-6-2-7-16-36)45-21-12-22-46-50(45)42-19-10-11-20-44(42)53(46)37-17-8-3-9-18-37/h1-36H;1-33H/i2D,6D,7D,17D,18D;. The number of hydrogen-bond acceptors (Lipinski definition) is 7. The van der Waals surface area contributed by atoms with E-state index >= 15 is 0 Å². The van der Waals surface area contributed by atoms with E-state index in [2.05, 4.69) is 358 Å². The molecule has 4 heterocycles. The molecule has 0 bridgehead atoms. The minimum absolute atomic E-state index is 0.104. The molecular formula is C104H69N5OS2. The second-order valence-corrected chi connectivity index (χ2v) is 30.0. The van der Waals surface area contributed by atoms with Gasteiger partial charge in [-0.2, -0.15) is 0 Å². The minimum atomic E-state index is -0.421. The van der Waals surface area contributed by atoms with Gasteiger partial charge in [-0.3, -0.25) is 0 Å². The second-order valence-electron chi connectivity index (χ2n) is 28.0. The van der Waals surface area contributed by atoms with Crippen LogP contribution in [-0.2, 0) is 0 Å². The molecule has 0 aliphatic carbocycles. The van der Waals surface area contributed by atoms with Crippen molar-refractivity contribution in [3.05, 3.63) is 418 Å². The van der Waals surface area contributed by atoms with E-state index in [1.165, 1.54) is 58.7 Å². The van der Waals surface area contributed by atoms with Gasteiger partial charge in [0, 0.05) is 115 Å². The molecule has 8 heteroatoms. The van der Waals surface area contributed by atoms with Crippen LogP contribution in [0.15, 0.2) is 422 Å². The van der Waals surface area contributed by atoms with Crippen molar-refractivity contribution in [2.24, 2.45) is 0 Å². The topological polar surface area (TPSA) is 31.0 Å². The highest BCUT2D eigenvalue weighted by atomic mass is 32.1. The van der Waals surface area contributed by atoms with Gasteiger partial charge in [0.05, 0.1) is 29.3 Å². The Labute approximate surface area is 662 Å². The van der Waals surface area contributed by atoms with E-state index in [0.717, 1.165) is 121 Å². The van der Waals surface area contributed by atoms with Gasteiger partial charge >= 0.3 is 0 Å². The molecule has 0 N–H and O–H groups in total. The number of hydrogen-bond donors (Lipinski definition) is 0. The first-order valence-electron chi connectivity index (χ1n) is 40.0. The Hall–Kier alpha value is -14.3. The van der Waals surface area contributed by atoms with Crippen LogP contribution < -0.4 is 19.6 Å². The molecule has 0 radical (unpaired) electrons. The first-order chi connectivity index (χ1) is 57.6. The smallest absolute Gasteiger partial charge is 0.137 e. The average molecular weight is 1470 g/mol. The Morgan fingerprint density at radius 2 is 0.723 bits per heavy atom. The Morgan fingerprint density at radius 1 is 0.259 bits per heavy atom. The Balaban J connectivity index is 0.000000147. The monoisotopic (exact) mass is 1470 g/mol. The number of fused-ring (bicyclic) bond motifs is 16. The number of furan rings is 1. The van der Waals surface area contributed by atoms with Crippen LogP contribution in [0.2, 0.25) is 0 Å². The maximum Gasteiger partial charge on any atom is 0.137 e. The van der Waals surface area contributed by atoms with Gasteiger partial charge in [0.2, 0.25) is 0 Å². The highest BCUT2D eigenvalue weighted by Gasteiger charge is 2.26. The lowest BCUT2D eigenvalue weighted by atomic mass is 9.94. The van der Waals surface area contributed by atoms with Crippen LogP contribution in [0.3, 0.4) is 0 Å². The van der Waals surface area contributed by atoms with Crippen LogP contribution in [0, 0.1) is 0 Å². The highest BCUT2D eigenvalue weighted by molar-refractivity contribution is 7.26. The van der Waals surface area contributed by atoms with E-state index in [1.807, 2.05) is 53.4 Å². The zero-order valence-corrected chi connectivity index (χ0v) is 62.0. The van der Waals surface area contributed by atoms with Crippen LogP contribution in [0.5, 0.6) is 0 Å². The molecule has 0 saturated heterocycles. The third-order valence-corrected chi connectivity index (χ3v) is 23.5. The summed E-state index contributed by atoms with van der Waals surface area (Å²) < 4.78 is 55.9. The van der Waals surface area contributed by atoms with E-state index in [4.69, 9.17) is 11.3 Å². The fraction of sp³-hybridized carbons (Fsp3) is 0. The molecule has 6 nitrogen and oxygen atoms in total. The summed E-state index contributed by atoms with van der Waals surface area (Å²) in [5.41, 5.74) is 18.6. The van der Waals surface area contributed by atoms with Crippen LogP contribution in [0.4, 0.5) is 68.2 Å². The van der Waals surface area contributed by atoms with Gasteiger partial charge in [0.1, 0.15) is 11.2 Å². The third-order valence-electron chi connectivity index (χ3n) is 21.5. The number of para-hydroxylation sites is 6. The molecular weight excluding hydrogens is 1400 g/mol. The molecule has 0 saturated carbocycles. The van der Waals surface area contributed by atoms with E-state index in [9.17, 15) is 0 Å². The molecule has 22 rings (SSSR count). The van der Waals surface area contributed by atoms with E-state index in [0.29, 0.717) is 5.69 Å². The first kappa shape index (κ1) is 60.7. The molecule has 0 spiro atoms. The van der Waals surface area contributed by atoms with Crippen molar-refractivity contribution < 1.29 is 11.3 Å². The number of thiophene rings is 2. The summed E-state index contributed by atoms with van der Waals surface area (Å²) in [6, 6.07) is 133. The van der Waals surface area contributed by atoms with E-state index < -0.39 is 6.04 Å². The van der Waals surface area contributed by atoms with Gasteiger partial charge in [-0.05, 0) is 236 Å². The number of nitrogens with zero attached hydrogens (tertiary/aromatic N) is 5. The van der Waals surface area contributed by atoms with Gasteiger partial charge in [-0.25, -0.2) is 0 Å². The third kappa shape index (κ3) is 11.6. The summed E-state index contributed by atoms with van der Waals surface area (Å²) in [4.78, 5) is 8.82. The van der Waals surface area contributed by atoms with Crippen molar-refractivity contribution in [3.8, 4) is 16.8 Å². The van der Waals surface area contributed by atoms with E-state index in [-0.39, 0.29) is 29.9 Å². The van der Waals surface area contributed by atoms with Gasteiger partial charge in [0.15, 0.2) is 0 Å². The van der Waals surface area contributed by atoms with Crippen molar-refractivity contribution in [2.45, 2.75) is 0 Å². The molecule has 22 aromatic rings. The highest BCUT2D eigenvalue weighted by Crippen LogP contribution is 2.51. The molecule has 0 atom stereocenters. The predicted molar refractivity (Wildman–Crippen MR) is 479 cm³/mol. The molecule has 0 unspecified atom stereocenters. The Morgan fingerprint density at radius 3 is 1.40 bits per heavy atom. The Kier molecular flexibility index (Phi) is 15.2. The lowest BCUT2D eigenvalue weighted by molar-refractivity contribution is 0.669. The van der Waals surface area contributed by atoms with Crippen molar-refractivity contribution in [2.75, 3.05) is 19.6 Å². The van der Waals surface area contributed by atoms with Crippen molar-refractivity contribution in [1.29, 1.82) is 0 Å². The molecule has 0 aliphatic heterocycles. The molecule has 4 aromatic heterocycles. The summed E-state index contributed by atoms with van der Waals surface area (Å²) in [6.45, 7) is 0. The summed E-state index contributed by atoms with van der Waals surface area (Å²) in [7, 11) is 0. The average Bonchev–Trinajstić information content (AvgIpc) is 1.66. The van der Waals surface area contributed by atoms with Crippen molar-refractivity contribution >= 4 is 197 Å². The SMILES string of the molecule is [2H]c1c([2H])c([2H])c(N(c2ccccc2)c2cccc3sc4cc(N(c5ccc(-c6ccccc6)cc5)c5ccc6c7ccccc7c7ccccc7c6c5)ccc4c23)c([2H])c1[2H].c1ccc(N(c2ccc3sccc3c2)c2ccc3c(c2)oc2ccc(N(c4ccccc4)c4cccc5c4c4ccccc4n5-c4ccccc4)cc23)cc1. The molecule has 0 aliphatic rings. The molecule has 0 amide bonds. The van der Waals surface area contributed by atoms with Crippen LogP contribution >= 0.6 is 22.7 Å². The summed E-state index contributed by atoms with van der Waals surface area (Å²) in [5, 5.41) is 17.2. The number of benzene rings is 18. The van der Waals surface area contributed by atoms with Crippen molar-refractivity contribution in [1.82, 2.24) is 4.57 Å². The first-order valence-corrected chi connectivity index (χ1v) is 39.2. The Bertz CT molecular complexity index is 7540. The normalized spacial score (nSPS) is 12.2.